The fraction of sp³-hybridized carbons (Fsp3) is 0.250. The van der Waals surface area contributed by atoms with E-state index in [1.54, 1.807) is 0 Å². The van der Waals surface area contributed by atoms with Crippen LogP contribution in [0.4, 0.5) is 0 Å². The number of hydrogen-bond donors (Lipinski definition) is 0. The Morgan fingerprint density at radius 3 is 2.29 bits per heavy atom. The lowest BCUT2D eigenvalue weighted by Crippen LogP contribution is -1.96. The van der Waals surface area contributed by atoms with Crippen molar-refractivity contribution in [2.45, 2.75) is 0 Å². The molecule has 3 heteroatoms. The van der Waals surface area contributed by atoms with E-state index in [2.05, 4.69) is 20.6 Å². The molecule has 0 aromatic heterocycles. The molecule has 0 aliphatic rings. The quantitative estimate of drug-likeness (QED) is 0.285. The van der Waals surface area contributed by atoms with Crippen LogP contribution in [0.3, 0.4) is 0 Å². The summed E-state index contributed by atoms with van der Waals surface area (Å²) in [5, 5.41) is 0.350. The molecule has 0 aromatic rings. The molecular weight excluding hydrogens is 111 g/mol. The molecule has 0 fully saturated rings. The van der Waals surface area contributed by atoms with Gasteiger partial charge in [-0.2, -0.15) is 0 Å². The summed E-state index contributed by atoms with van der Waals surface area (Å²) in [5.74, 6) is -0.384. The van der Waals surface area contributed by atoms with Crippen molar-refractivity contribution in [3.63, 3.8) is 0 Å². The van der Waals surface area contributed by atoms with Crippen molar-refractivity contribution in [2.75, 3.05) is 7.11 Å². The number of hydrogen-bond acceptors (Lipinski definition) is 2. The molecule has 7 heavy (non-hydrogen) atoms. The van der Waals surface area contributed by atoms with E-state index < -0.39 is 0 Å². The highest BCUT2D eigenvalue weighted by molar-refractivity contribution is 7.24. The lowest BCUT2D eigenvalue weighted by atomic mass is 10.6. The van der Waals surface area contributed by atoms with E-state index in [4.69, 9.17) is 0 Å². The Morgan fingerprint density at radius 1 is 1.86 bits per heavy atom. The van der Waals surface area contributed by atoms with E-state index in [1.165, 1.54) is 7.11 Å². The highest BCUT2D eigenvalue weighted by Crippen LogP contribution is 2.00. The SMILES string of the molecule is C=C(P)C(=O)OC. The number of methoxy groups -OCH3 is 1. The molecule has 0 aliphatic carbocycles. The standard InChI is InChI=1S/C4H7O2P/c1-3(7)4(5)6-2/h1,7H2,2H3. The van der Waals surface area contributed by atoms with Crippen LogP contribution in [-0.4, -0.2) is 13.1 Å². The van der Waals surface area contributed by atoms with Gasteiger partial charge in [-0.15, -0.1) is 0 Å². The Hall–Kier alpha value is -0.360. The molecule has 0 bridgehead atoms. The predicted molar refractivity (Wildman–Crippen MR) is 30.9 cm³/mol. The largest absolute Gasteiger partial charge is 0.465 e. The van der Waals surface area contributed by atoms with Gasteiger partial charge >= 0.3 is 5.97 Å². The van der Waals surface area contributed by atoms with Gasteiger partial charge < -0.3 is 4.74 Å². The first-order valence-corrected chi connectivity index (χ1v) is 2.29. The van der Waals surface area contributed by atoms with Crippen LogP contribution in [0.2, 0.25) is 0 Å². The van der Waals surface area contributed by atoms with E-state index in [1.807, 2.05) is 0 Å². The van der Waals surface area contributed by atoms with Crippen LogP contribution < -0.4 is 0 Å². The van der Waals surface area contributed by atoms with Crippen LogP contribution >= 0.6 is 9.24 Å². The normalized spacial score (nSPS) is 7.71. The number of ether oxygens (including phenoxy) is 1. The fourth-order valence-electron chi connectivity index (χ4n) is 0.131. The second-order valence-corrected chi connectivity index (χ2v) is 1.71. The number of carbonyl (C=O) groups is 1. The Labute approximate surface area is 44.7 Å². The first kappa shape index (κ1) is 6.64. The average Bonchev–Trinajstić information content (AvgIpc) is 1.65. The van der Waals surface area contributed by atoms with Gasteiger partial charge in [-0.05, 0) is 0 Å². The molecule has 40 valence electrons. The van der Waals surface area contributed by atoms with E-state index in [9.17, 15) is 4.79 Å². The summed E-state index contributed by atoms with van der Waals surface area (Å²) in [6, 6.07) is 0. The first-order chi connectivity index (χ1) is 3.18. The number of rotatable bonds is 1. The fourth-order valence-corrected chi connectivity index (χ4v) is 0.249. The van der Waals surface area contributed by atoms with Crippen LogP contribution in [0.15, 0.2) is 11.9 Å². The third-order valence-corrected chi connectivity index (χ3v) is 0.683. The van der Waals surface area contributed by atoms with Crippen molar-refractivity contribution in [1.29, 1.82) is 0 Å². The highest BCUT2D eigenvalue weighted by Gasteiger charge is 1.95. The van der Waals surface area contributed by atoms with Gasteiger partial charge in [0, 0.05) is 5.31 Å². The molecule has 0 heterocycles. The molecule has 0 N–H and O–H groups in total. The van der Waals surface area contributed by atoms with Crippen LogP contribution in [0, 0.1) is 0 Å². The molecule has 0 amide bonds. The zero-order valence-electron chi connectivity index (χ0n) is 4.10. The third-order valence-electron chi connectivity index (χ3n) is 0.448. The second kappa shape index (κ2) is 2.75. The van der Waals surface area contributed by atoms with Crippen molar-refractivity contribution in [3.05, 3.63) is 11.9 Å². The Kier molecular flexibility index (Phi) is 2.61. The smallest absolute Gasteiger partial charge is 0.337 e. The summed E-state index contributed by atoms with van der Waals surface area (Å²) in [4.78, 5) is 10.2. The molecule has 0 rings (SSSR count). The lowest BCUT2D eigenvalue weighted by Gasteiger charge is -1.91. The van der Waals surface area contributed by atoms with E-state index in [0.29, 0.717) is 5.31 Å². The van der Waals surface area contributed by atoms with Crippen LogP contribution in [-0.2, 0) is 9.53 Å². The Balaban J connectivity index is 3.58. The Morgan fingerprint density at radius 2 is 2.29 bits per heavy atom. The third kappa shape index (κ3) is 2.35. The maximum atomic E-state index is 10.2. The zero-order chi connectivity index (χ0) is 5.86. The molecule has 2 nitrogen and oxygen atoms in total. The van der Waals surface area contributed by atoms with Crippen molar-refractivity contribution in [1.82, 2.24) is 0 Å². The van der Waals surface area contributed by atoms with Gasteiger partial charge in [-0.3, -0.25) is 0 Å². The Bertz CT molecular complexity index is 97.9. The highest BCUT2D eigenvalue weighted by atomic mass is 31.0. The monoisotopic (exact) mass is 118 g/mol. The van der Waals surface area contributed by atoms with Crippen molar-refractivity contribution in [2.24, 2.45) is 0 Å². The molecule has 1 unspecified atom stereocenters. The molecular formula is C4H7O2P. The maximum absolute atomic E-state index is 10.2. The average molecular weight is 118 g/mol. The minimum Gasteiger partial charge on any atom is -0.465 e. The summed E-state index contributed by atoms with van der Waals surface area (Å²) in [6.07, 6.45) is 0. The minimum absolute atomic E-state index is 0.350. The molecule has 0 radical (unpaired) electrons. The maximum Gasteiger partial charge on any atom is 0.337 e. The first-order valence-electron chi connectivity index (χ1n) is 1.71. The summed E-state index contributed by atoms with van der Waals surface area (Å²) in [7, 11) is 3.47. The predicted octanol–water partition coefficient (Wildman–Crippen LogP) is 0.548. The van der Waals surface area contributed by atoms with Gasteiger partial charge in [0.15, 0.2) is 0 Å². The molecule has 1 atom stereocenters. The summed E-state index contributed by atoms with van der Waals surface area (Å²) in [5.41, 5.74) is 0. The van der Waals surface area contributed by atoms with Gasteiger partial charge in [0.25, 0.3) is 0 Å². The number of esters is 1. The molecule has 0 aromatic carbocycles. The summed E-state index contributed by atoms with van der Waals surface area (Å²) in [6.45, 7) is 3.31. The van der Waals surface area contributed by atoms with Gasteiger partial charge in [0.2, 0.25) is 0 Å². The minimum atomic E-state index is -0.384. The van der Waals surface area contributed by atoms with Crippen molar-refractivity contribution in [3.8, 4) is 0 Å². The summed E-state index contributed by atoms with van der Waals surface area (Å²) >= 11 is 0. The van der Waals surface area contributed by atoms with Crippen LogP contribution in [0.1, 0.15) is 0 Å². The number of carbonyl (C=O) groups excluding carboxylic acids is 1. The van der Waals surface area contributed by atoms with E-state index in [-0.39, 0.29) is 5.97 Å². The molecule has 0 aliphatic heterocycles. The van der Waals surface area contributed by atoms with Crippen LogP contribution in [0.25, 0.3) is 0 Å². The summed E-state index contributed by atoms with van der Waals surface area (Å²) < 4.78 is 4.25. The van der Waals surface area contributed by atoms with Gasteiger partial charge in [0.05, 0.1) is 7.11 Å². The van der Waals surface area contributed by atoms with Crippen molar-refractivity contribution >= 4 is 15.2 Å². The second-order valence-electron chi connectivity index (χ2n) is 1.02. The molecule has 0 saturated heterocycles. The molecule has 0 spiro atoms. The molecule has 0 saturated carbocycles. The van der Waals surface area contributed by atoms with Crippen molar-refractivity contribution < 1.29 is 9.53 Å². The zero-order valence-corrected chi connectivity index (χ0v) is 5.26. The van der Waals surface area contributed by atoms with Gasteiger partial charge in [-0.1, -0.05) is 15.8 Å². The van der Waals surface area contributed by atoms with Gasteiger partial charge in [0.1, 0.15) is 0 Å². The van der Waals surface area contributed by atoms with E-state index in [0.717, 1.165) is 0 Å². The topological polar surface area (TPSA) is 26.3 Å². The lowest BCUT2D eigenvalue weighted by molar-refractivity contribution is -0.135. The van der Waals surface area contributed by atoms with Gasteiger partial charge in [-0.25, -0.2) is 4.79 Å². The van der Waals surface area contributed by atoms with E-state index >= 15 is 0 Å². The van der Waals surface area contributed by atoms with Crippen LogP contribution in [0.5, 0.6) is 0 Å².